The van der Waals surface area contributed by atoms with Crippen molar-refractivity contribution in [3.8, 4) is 0 Å². The molecule has 2 rings (SSSR count). The van der Waals surface area contributed by atoms with Gasteiger partial charge in [0.15, 0.2) is 0 Å². The number of aromatic nitrogens is 3. The van der Waals surface area contributed by atoms with Crippen molar-refractivity contribution >= 4 is 17.5 Å². The number of nitrogens with one attached hydrogen (secondary N) is 1. The number of carbonyl (C=O) groups is 1. The molecule has 0 bridgehead atoms. The van der Waals surface area contributed by atoms with Gasteiger partial charge in [-0.15, -0.1) is 5.10 Å². The van der Waals surface area contributed by atoms with Crippen molar-refractivity contribution in [2.75, 3.05) is 11.1 Å². The topological polar surface area (TPSA) is 93.8 Å². The Balaban J connectivity index is 2.27. The van der Waals surface area contributed by atoms with Crippen LogP contribution in [0.25, 0.3) is 0 Å². The fourth-order valence-corrected chi connectivity index (χ4v) is 1.59. The van der Waals surface area contributed by atoms with E-state index in [1.807, 2.05) is 19.9 Å². The summed E-state index contributed by atoms with van der Waals surface area (Å²) in [6.07, 6.45) is 2.89. The van der Waals surface area contributed by atoms with E-state index < -0.39 is 0 Å². The third kappa shape index (κ3) is 2.42. The number of carbonyl (C=O) groups excluding carboxylic acids is 1. The summed E-state index contributed by atoms with van der Waals surface area (Å²) in [5.41, 5.74) is 8.68. The molecule has 0 fully saturated rings. The number of nitrogens with zero attached hydrogens (tertiary/aromatic N) is 3. The second-order valence-corrected chi connectivity index (χ2v) is 3.94. The summed E-state index contributed by atoms with van der Waals surface area (Å²) in [4.78, 5) is 15.9. The van der Waals surface area contributed by atoms with Crippen molar-refractivity contribution in [2.24, 2.45) is 0 Å². The predicted octanol–water partition coefficient (Wildman–Crippen LogP) is 1.32. The Labute approximate surface area is 104 Å². The van der Waals surface area contributed by atoms with E-state index in [0.29, 0.717) is 11.3 Å². The van der Waals surface area contributed by atoms with Crippen LogP contribution in [0.4, 0.5) is 11.6 Å². The van der Waals surface area contributed by atoms with Crippen molar-refractivity contribution in [3.63, 3.8) is 0 Å². The first kappa shape index (κ1) is 12.0. The molecule has 2 aromatic rings. The molecule has 0 spiro atoms. The summed E-state index contributed by atoms with van der Waals surface area (Å²) >= 11 is 0. The molecular formula is C12H13N5O. The maximum absolute atomic E-state index is 12.0. The van der Waals surface area contributed by atoms with Gasteiger partial charge in [-0.1, -0.05) is 6.07 Å². The van der Waals surface area contributed by atoms with Gasteiger partial charge in [0.1, 0.15) is 0 Å². The number of nitrogen functional groups attached to an aromatic ring is 1. The number of hydrogen-bond donors (Lipinski definition) is 2. The largest absolute Gasteiger partial charge is 0.398 e. The van der Waals surface area contributed by atoms with Crippen molar-refractivity contribution in [1.82, 2.24) is 15.2 Å². The number of aryl methyl sites for hydroxylation is 2. The lowest BCUT2D eigenvalue weighted by Crippen LogP contribution is -2.16. The number of benzene rings is 1. The van der Waals surface area contributed by atoms with Gasteiger partial charge in [0.2, 0.25) is 5.95 Å². The van der Waals surface area contributed by atoms with Crippen LogP contribution >= 0.6 is 0 Å². The highest BCUT2D eigenvalue weighted by Crippen LogP contribution is 2.18. The maximum atomic E-state index is 12.0. The summed E-state index contributed by atoms with van der Waals surface area (Å²) in [5, 5.41) is 9.89. The van der Waals surface area contributed by atoms with Crippen LogP contribution in [-0.4, -0.2) is 21.1 Å². The summed E-state index contributed by atoms with van der Waals surface area (Å²) in [7, 11) is 0. The third-order valence-corrected chi connectivity index (χ3v) is 2.57. The van der Waals surface area contributed by atoms with E-state index >= 15 is 0 Å². The third-order valence-electron chi connectivity index (χ3n) is 2.57. The van der Waals surface area contributed by atoms with E-state index in [0.717, 1.165) is 11.1 Å². The summed E-state index contributed by atoms with van der Waals surface area (Å²) in [5.74, 6) is -0.131. The molecule has 1 aromatic heterocycles. The number of nitrogens with two attached hydrogens (primary N) is 1. The normalized spacial score (nSPS) is 10.1. The van der Waals surface area contributed by atoms with Gasteiger partial charge in [-0.05, 0) is 31.0 Å². The first-order valence-corrected chi connectivity index (χ1v) is 5.39. The minimum Gasteiger partial charge on any atom is -0.398 e. The summed E-state index contributed by atoms with van der Waals surface area (Å²) < 4.78 is 0. The lowest BCUT2D eigenvalue weighted by atomic mass is 10.0. The smallest absolute Gasteiger partial charge is 0.258 e. The zero-order valence-corrected chi connectivity index (χ0v) is 10.1. The molecule has 1 heterocycles. The van der Waals surface area contributed by atoms with Gasteiger partial charge in [-0.25, -0.2) is 4.98 Å². The molecular weight excluding hydrogens is 230 g/mol. The van der Waals surface area contributed by atoms with Crippen LogP contribution in [0.15, 0.2) is 24.5 Å². The first-order chi connectivity index (χ1) is 8.58. The van der Waals surface area contributed by atoms with Crippen molar-refractivity contribution in [1.29, 1.82) is 0 Å². The van der Waals surface area contributed by atoms with E-state index in [9.17, 15) is 4.79 Å². The molecule has 1 amide bonds. The molecule has 6 heteroatoms. The Bertz CT molecular complexity index is 583. The molecule has 1 aromatic carbocycles. The number of anilines is 2. The number of rotatable bonds is 2. The van der Waals surface area contributed by atoms with Crippen LogP contribution < -0.4 is 11.1 Å². The van der Waals surface area contributed by atoms with E-state index in [1.165, 1.54) is 12.4 Å². The van der Waals surface area contributed by atoms with Crippen molar-refractivity contribution in [2.45, 2.75) is 13.8 Å². The van der Waals surface area contributed by atoms with Crippen LogP contribution in [0.5, 0.6) is 0 Å². The molecule has 0 aliphatic heterocycles. The molecule has 0 unspecified atom stereocenters. The SMILES string of the molecule is Cc1cc(C)c(C(=O)Nc2nccnn2)cc1N. The molecule has 0 radical (unpaired) electrons. The molecule has 0 atom stereocenters. The monoisotopic (exact) mass is 243 g/mol. The average molecular weight is 243 g/mol. The Kier molecular flexibility index (Phi) is 3.18. The van der Waals surface area contributed by atoms with Gasteiger partial charge in [0, 0.05) is 11.3 Å². The lowest BCUT2D eigenvalue weighted by molar-refractivity contribution is 0.102. The minimum absolute atomic E-state index is 0.168. The molecule has 0 aliphatic rings. The zero-order valence-electron chi connectivity index (χ0n) is 10.1. The highest BCUT2D eigenvalue weighted by Gasteiger charge is 2.12. The van der Waals surface area contributed by atoms with Crippen molar-refractivity contribution < 1.29 is 4.79 Å². The van der Waals surface area contributed by atoms with Gasteiger partial charge in [0.05, 0.1) is 12.4 Å². The molecule has 92 valence electrons. The Morgan fingerprint density at radius 1 is 1.22 bits per heavy atom. The Morgan fingerprint density at radius 2 is 2.00 bits per heavy atom. The number of amides is 1. The maximum Gasteiger partial charge on any atom is 0.258 e. The molecule has 3 N–H and O–H groups in total. The van der Waals surface area contributed by atoms with Crippen LogP contribution in [0.1, 0.15) is 21.5 Å². The minimum atomic E-state index is -0.299. The van der Waals surface area contributed by atoms with Crippen LogP contribution in [0.3, 0.4) is 0 Å². The predicted molar refractivity (Wildman–Crippen MR) is 68.1 cm³/mol. The molecule has 0 saturated heterocycles. The van der Waals surface area contributed by atoms with Crippen molar-refractivity contribution in [3.05, 3.63) is 41.2 Å². The van der Waals surface area contributed by atoms with Crippen LogP contribution in [0.2, 0.25) is 0 Å². The van der Waals surface area contributed by atoms with Gasteiger partial charge in [-0.3, -0.25) is 10.1 Å². The highest BCUT2D eigenvalue weighted by molar-refractivity contribution is 6.05. The number of hydrogen-bond acceptors (Lipinski definition) is 5. The van der Waals surface area contributed by atoms with Gasteiger partial charge in [0.25, 0.3) is 5.91 Å². The zero-order chi connectivity index (χ0) is 13.1. The first-order valence-electron chi connectivity index (χ1n) is 5.39. The fraction of sp³-hybridized carbons (Fsp3) is 0.167. The van der Waals surface area contributed by atoms with E-state index in [4.69, 9.17) is 5.73 Å². The van der Waals surface area contributed by atoms with Crippen LogP contribution in [0, 0.1) is 13.8 Å². The summed E-state index contributed by atoms with van der Waals surface area (Å²) in [6.45, 7) is 3.75. The lowest BCUT2D eigenvalue weighted by Gasteiger charge is -2.09. The molecule has 6 nitrogen and oxygen atoms in total. The Hall–Kier alpha value is -2.50. The molecule has 18 heavy (non-hydrogen) atoms. The van der Waals surface area contributed by atoms with E-state index in [2.05, 4.69) is 20.5 Å². The average Bonchev–Trinajstić information content (AvgIpc) is 2.35. The quantitative estimate of drug-likeness (QED) is 0.776. The standard InChI is InChI=1S/C12H13N5O/c1-7-5-8(2)10(13)6-9(7)11(18)16-12-14-3-4-15-17-12/h3-6H,13H2,1-2H3,(H,14,16,17,18). The second kappa shape index (κ2) is 4.79. The van der Waals surface area contributed by atoms with E-state index in [-0.39, 0.29) is 11.9 Å². The highest BCUT2D eigenvalue weighted by atomic mass is 16.1. The fourth-order valence-electron chi connectivity index (χ4n) is 1.59. The Morgan fingerprint density at radius 3 is 2.67 bits per heavy atom. The second-order valence-electron chi connectivity index (χ2n) is 3.94. The molecule has 0 aliphatic carbocycles. The van der Waals surface area contributed by atoms with Gasteiger partial charge >= 0.3 is 0 Å². The van der Waals surface area contributed by atoms with Gasteiger partial charge < -0.3 is 5.73 Å². The van der Waals surface area contributed by atoms with Crippen LogP contribution in [-0.2, 0) is 0 Å². The van der Waals surface area contributed by atoms with E-state index in [1.54, 1.807) is 6.07 Å². The summed E-state index contributed by atoms with van der Waals surface area (Å²) in [6, 6.07) is 3.52. The molecule has 0 saturated carbocycles. The van der Waals surface area contributed by atoms with Gasteiger partial charge in [-0.2, -0.15) is 5.10 Å².